The number of alkyl halides is 3. The monoisotopic (exact) mass is 572 g/mol. The zero-order valence-corrected chi connectivity index (χ0v) is 21.4. The minimum Gasteiger partial charge on any atom is -0.459 e. The molecule has 0 aliphatic carbocycles. The lowest BCUT2D eigenvalue weighted by molar-refractivity contribution is -0.303. The first-order valence-electron chi connectivity index (χ1n) is 12.1. The molecule has 0 unspecified atom stereocenters. The highest BCUT2D eigenvalue weighted by Gasteiger charge is 2.59. The molecule has 0 amide bonds. The lowest BCUT2D eigenvalue weighted by Crippen LogP contribution is -2.62. The van der Waals surface area contributed by atoms with Gasteiger partial charge in [0.05, 0.1) is 11.9 Å². The summed E-state index contributed by atoms with van der Waals surface area (Å²) in [5.74, 6) is 5.04. The van der Waals surface area contributed by atoms with E-state index in [-0.39, 0.29) is 35.5 Å². The minimum absolute atomic E-state index is 0.0330. The number of aliphatic hydroxyl groups is 2. The Morgan fingerprint density at radius 3 is 2.52 bits per heavy atom. The zero-order valence-electron chi connectivity index (χ0n) is 20.7. The van der Waals surface area contributed by atoms with Crippen molar-refractivity contribution in [2.75, 3.05) is 13.1 Å². The van der Waals surface area contributed by atoms with Gasteiger partial charge in [-0.1, -0.05) is 29.7 Å². The van der Waals surface area contributed by atoms with Crippen molar-refractivity contribution >= 4 is 22.6 Å². The van der Waals surface area contributed by atoms with Crippen molar-refractivity contribution in [1.82, 2.24) is 9.88 Å². The van der Waals surface area contributed by atoms with Gasteiger partial charge in [-0.15, -0.1) is 0 Å². The first-order chi connectivity index (χ1) is 18.9. The topological polar surface area (TPSA) is 86.8 Å². The largest absolute Gasteiger partial charge is 0.459 e. The fraction of sp³-hybridized carbons (Fsp3) is 0.241. The Kier molecular flexibility index (Phi) is 7.42. The molecule has 1 fully saturated rings. The van der Waals surface area contributed by atoms with Gasteiger partial charge in [0, 0.05) is 47.9 Å². The second-order valence-electron chi connectivity index (χ2n) is 9.52. The molecule has 0 spiro atoms. The molecule has 206 valence electrons. The van der Waals surface area contributed by atoms with Crippen LogP contribution in [0.4, 0.5) is 17.6 Å². The van der Waals surface area contributed by atoms with E-state index in [0.717, 1.165) is 5.56 Å². The Hall–Kier alpha value is -3.75. The van der Waals surface area contributed by atoms with Crippen molar-refractivity contribution in [2.24, 2.45) is 0 Å². The highest BCUT2D eigenvalue weighted by atomic mass is 35.5. The standard InChI is InChI=1S/C29H21ClF4N2O4/c30-20-5-3-18(4-6-20)19-12-23(31)24(35-14-19)7-1-17-2-8-26-22(11-17)25(37)13-21(40-26)15-36-10-9-28(39,27(38)16-36)29(32,33)34/h2-6,8,11-14,27,38-39H,9-10,15-16H2/t27-,28+/m1/s1. The Morgan fingerprint density at radius 2 is 1.85 bits per heavy atom. The molecule has 2 atom stereocenters. The number of halogens is 5. The Bertz CT molecular complexity index is 1700. The predicted molar refractivity (Wildman–Crippen MR) is 140 cm³/mol. The van der Waals surface area contributed by atoms with Crippen LogP contribution in [0.5, 0.6) is 0 Å². The molecule has 2 aromatic heterocycles. The summed E-state index contributed by atoms with van der Waals surface area (Å²) in [6.07, 6.45) is -6.21. The molecule has 11 heteroatoms. The van der Waals surface area contributed by atoms with Crippen LogP contribution in [-0.4, -0.2) is 51.1 Å². The molecule has 0 radical (unpaired) electrons. The number of nitrogens with zero attached hydrogens (tertiary/aromatic N) is 2. The second kappa shape index (κ2) is 10.7. The van der Waals surface area contributed by atoms with E-state index in [1.54, 1.807) is 30.3 Å². The van der Waals surface area contributed by atoms with Crippen LogP contribution in [0.3, 0.4) is 0 Å². The van der Waals surface area contributed by atoms with E-state index in [0.29, 0.717) is 16.1 Å². The molecule has 0 saturated carbocycles. The van der Waals surface area contributed by atoms with Crippen molar-refractivity contribution in [1.29, 1.82) is 0 Å². The average Bonchev–Trinajstić information content (AvgIpc) is 2.90. The van der Waals surface area contributed by atoms with Crippen molar-refractivity contribution in [3.8, 4) is 23.0 Å². The normalized spacial score (nSPS) is 19.8. The van der Waals surface area contributed by atoms with Crippen LogP contribution in [0.15, 0.2) is 70.0 Å². The van der Waals surface area contributed by atoms with Gasteiger partial charge in [-0.3, -0.25) is 9.69 Å². The van der Waals surface area contributed by atoms with Gasteiger partial charge in [0.2, 0.25) is 0 Å². The maximum absolute atomic E-state index is 14.7. The lowest BCUT2D eigenvalue weighted by atomic mass is 9.88. The van der Waals surface area contributed by atoms with Crippen LogP contribution >= 0.6 is 11.6 Å². The minimum atomic E-state index is -4.96. The highest BCUT2D eigenvalue weighted by Crippen LogP contribution is 2.38. The first kappa shape index (κ1) is 27.8. The number of likely N-dealkylation sites (tertiary alicyclic amines) is 1. The fourth-order valence-corrected chi connectivity index (χ4v) is 4.63. The first-order valence-corrected chi connectivity index (χ1v) is 12.5. The number of β-amino-alcohol motifs (C(OH)–C–C–N with tert-alkyl or cyclic N) is 1. The average molecular weight is 573 g/mol. The van der Waals surface area contributed by atoms with E-state index in [9.17, 15) is 32.6 Å². The third-order valence-electron chi connectivity index (χ3n) is 6.78. The molecule has 0 bridgehead atoms. The number of hydrogen-bond acceptors (Lipinski definition) is 6. The van der Waals surface area contributed by atoms with Crippen LogP contribution in [0.25, 0.3) is 22.1 Å². The molecular formula is C29H21ClF4N2O4. The van der Waals surface area contributed by atoms with Crippen LogP contribution in [-0.2, 0) is 6.54 Å². The predicted octanol–water partition coefficient (Wildman–Crippen LogP) is 4.91. The molecular weight excluding hydrogens is 552 g/mol. The zero-order chi connectivity index (χ0) is 28.7. The molecule has 1 aliphatic rings. The van der Waals surface area contributed by atoms with Gasteiger partial charge in [0.15, 0.2) is 16.8 Å². The number of fused-ring (bicyclic) bond motifs is 1. The Morgan fingerprint density at radius 1 is 1.10 bits per heavy atom. The third kappa shape index (κ3) is 5.60. The van der Waals surface area contributed by atoms with E-state index < -0.39 is 42.1 Å². The number of rotatable bonds is 3. The molecule has 4 aromatic rings. The molecule has 5 rings (SSSR count). The lowest BCUT2D eigenvalue weighted by Gasteiger charge is -2.42. The number of aliphatic hydroxyl groups excluding tert-OH is 1. The highest BCUT2D eigenvalue weighted by molar-refractivity contribution is 6.30. The number of benzene rings is 2. The summed E-state index contributed by atoms with van der Waals surface area (Å²) in [7, 11) is 0. The Labute approximate surface area is 230 Å². The van der Waals surface area contributed by atoms with Crippen LogP contribution in [0.1, 0.15) is 23.4 Å². The maximum Gasteiger partial charge on any atom is 0.419 e. The van der Waals surface area contributed by atoms with Crippen LogP contribution < -0.4 is 5.43 Å². The molecule has 6 nitrogen and oxygen atoms in total. The molecule has 1 aliphatic heterocycles. The van der Waals surface area contributed by atoms with Gasteiger partial charge in [-0.05, 0) is 47.9 Å². The SMILES string of the molecule is O=c1cc(CN2CC[C@@](O)(C(F)(F)F)[C@H](O)C2)oc2ccc(C#Cc3ncc(-c4ccc(Cl)cc4)cc3F)cc12. The van der Waals surface area contributed by atoms with Gasteiger partial charge in [-0.25, -0.2) is 9.37 Å². The smallest absolute Gasteiger partial charge is 0.419 e. The summed E-state index contributed by atoms with van der Waals surface area (Å²) in [4.78, 5) is 18.3. The van der Waals surface area contributed by atoms with E-state index in [4.69, 9.17) is 16.0 Å². The van der Waals surface area contributed by atoms with Crippen LogP contribution in [0.2, 0.25) is 5.02 Å². The number of aromatic nitrogens is 1. The quantitative estimate of drug-likeness (QED) is 0.268. The number of piperidine rings is 1. The molecule has 1 saturated heterocycles. The summed E-state index contributed by atoms with van der Waals surface area (Å²) >= 11 is 5.89. The van der Waals surface area contributed by atoms with Crippen molar-refractivity contribution < 1.29 is 32.2 Å². The third-order valence-corrected chi connectivity index (χ3v) is 7.04. The van der Waals surface area contributed by atoms with E-state index in [2.05, 4.69) is 16.8 Å². The summed E-state index contributed by atoms with van der Waals surface area (Å²) in [5, 5.41) is 20.6. The van der Waals surface area contributed by atoms with E-state index in [1.807, 2.05) is 0 Å². The molecule has 2 N–H and O–H groups in total. The van der Waals surface area contributed by atoms with E-state index >= 15 is 0 Å². The summed E-state index contributed by atoms with van der Waals surface area (Å²) in [5.41, 5.74) is -1.69. The van der Waals surface area contributed by atoms with Crippen LogP contribution in [0, 0.1) is 17.7 Å². The van der Waals surface area contributed by atoms with Gasteiger partial charge < -0.3 is 14.6 Å². The maximum atomic E-state index is 14.7. The molecule has 3 heterocycles. The van der Waals surface area contributed by atoms with Gasteiger partial charge in [-0.2, -0.15) is 13.2 Å². The summed E-state index contributed by atoms with van der Waals surface area (Å²) < 4.78 is 59.8. The summed E-state index contributed by atoms with van der Waals surface area (Å²) in [6, 6.07) is 14.0. The van der Waals surface area contributed by atoms with Gasteiger partial charge >= 0.3 is 6.18 Å². The van der Waals surface area contributed by atoms with Crippen molar-refractivity contribution in [2.45, 2.75) is 30.8 Å². The van der Waals surface area contributed by atoms with Crippen molar-refractivity contribution in [3.63, 3.8) is 0 Å². The Balaban J connectivity index is 1.32. The fourth-order valence-electron chi connectivity index (χ4n) is 4.50. The number of hydrogen-bond donors (Lipinski definition) is 2. The van der Waals surface area contributed by atoms with E-state index in [1.165, 1.54) is 35.4 Å². The molecule has 40 heavy (non-hydrogen) atoms. The summed E-state index contributed by atoms with van der Waals surface area (Å²) in [6.45, 7) is -0.638. The van der Waals surface area contributed by atoms with Crippen molar-refractivity contribution in [3.05, 3.63) is 98.9 Å². The molecule has 2 aromatic carbocycles. The number of pyridine rings is 1. The van der Waals surface area contributed by atoms with Gasteiger partial charge in [0.25, 0.3) is 0 Å². The van der Waals surface area contributed by atoms with Gasteiger partial charge in [0.1, 0.15) is 23.1 Å². The second-order valence-corrected chi connectivity index (χ2v) is 9.96.